The Hall–Kier alpha value is -3.40. The van der Waals surface area contributed by atoms with Crippen LogP contribution in [0, 0.1) is 0 Å². The Kier molecular flexibility index (Phi) is 6.13. The second-order valence-corrected chi connectivity index (χ2v) is 8.10. The van der Waals surface area contributed by atoms with Gasteiger partial charge in [0.05, 0.1) is 18.4 Å². The minimum atomic E-state index is -3.25. The van der Waals surface area contributed by atoms with Gasteiger partial charge in [-0.2, -0.15) is 0 Å². The van der Waals surface area contributed by atoms with E-state index in [1.807, 2.05) is 0 Å². The first-order chi connectivity index (χ1) is 13.8. The Balaban J connectivity index is 1.55. The van der Waals surface area contributed by atoms with Crippen molar-refractivity contribution in [2.75, 3.05) is 25.3 Å². The van der Waals surface area contributed by atoms with Crippen LogP contribution in [0.4, 0.5) is 6.01 Å². The van der Waals surface area contributed by atoms with Crippen molar-refractivity contribution < 1.29 is 27.1 Å². The minimum absolute atomic E-state index is 0.0543. The number of sulfone groups is 1. The molecule has 0 spiro atoms. The molecule has 0 aliphatic rings. The lowest BCUT2D eigenvalue weighted by atomic mass is 10.1. The fourth-order valence-corrected chi connectivity index (χ4v) is 3.07. The van der Waals surface area contributed by atoms with Crippen LogP contribution in [0.3, 0.4) is 0 Å². The molecule has 0 atom stereocenters. The van der Waals surface area contributed by atoms with E-state index in [1.165, 1.54) is 19.2 Å². The summed E-state index contributed by atoms with van der Waals surface area (Å²) in [6, 6.07) is 13.3. The number of ether oxygens (including phenoxy) is 2. The second kappa shape index (κ2) is 8.74. The van der Waals surface area contributed by atoms with Crippen LogP contribution in [0.25, 0.3) is 0 Å². The number of methoxy groups -OCH3 is 1. The van der Waals surface area contributed by atoms with Gasteiger partial charge in [-0.3, -0.25) is 10.1 Å². The zero-order valence-electron chi connectivity index (χ0n) is 15.8. The Labute approximate surface area is 167 Å². The van der Waals surface area contributed by atoms with Crippen LogP contribution in [0.2, 0.25) is 0 Å². The van der Waals surface area contributed by atoms with Gasteiger partial charge in [-0.25, -0.2) is 8.42 Å². The average Bonchev–Trinajstić information content (AvgIpc) is 3.13. The summed E-state index contributed by atoms with van der Waals surface area (Å²) in [5.41, 5.74) is 0.790. The molecule has 1 heterocycles. The van der Waals surface area contributed by atoms with Crippen molar-refractivity contribution >= 4 is 21.8 Å². The Morgan fingerprint density at radius 2 is 1.76 bits per heavy atom. The smallest absolute Gasteiger partial charge is 0.322 e. The third-order valence-electron chi connectivity index (χ3n) is 3.85. The molecule has 0 saturated heterocycles. The van der Waals surface area contributed by atoms with Gasteiger partial charge in [0.2, 0.25) is 5.89 Å². The topological polar surface area (TPSA) is 121 Å². The van der Waals surface area contributed by atoms with E-state index in [0.29, 0.717) is 17.9 Å². The molecule has 0 aliphatic carbocycles. The number of amides is 1. The molecule has 9 nitrogen and oxygen atoms in total. The summed E-state index contributed by atoms with van der Waals surface area (Å²) in [6.45, 7) is -0.259. The summed E-state index contributed by atoms with van der Waals surface area (Å²) < 4.78 is 39.0. The third-order valence-corrected chi connectivity index (χ3v) is 4.98. The van der Waals surface area contributed by atoms with Crippen molar-refractivity contribution in [2.45, 2.75) is 11.3 Å². The van der Waals surface area contributed by atoms with Gasteiger partial charge in [0.1, 0.15) is 0 Å². The normalized spacial score (nSPS) is 11.1. The van der Waals surface area contributed by atoms with Crippen molar-refractivity contribution in [3.63, 3.8) is 0 Å². The molecule has 152 valence electrons. The first-order valence-corrected chi connectivity index (χ1v) is 10.4. The van der Waals surface area contributed by atoms with Crippen LogP contribution in [-0.4, -0.2) is 44.5 Å². The van der Waals surface area contributed by atoms with Gasteiger partial charge < -0.3 is 13.9 Å². The fraction of sp³-hybridized carbons (Fsp3) is 0.211. The maximum Gasteiger partial charge on any atom is 0.322 e. The van der Waals surface area contributed by atoms with E-state index < -0.39 is 15.7 Å². The number of rotatable bonds is 8. The van der Waals surface area contributed by atoms with Crippen molar-refractivity contribution in [3.05, 3.63) is 60.0 Å². The molecule has 1 N–H and O–H groups in total. The zero-order valence-corrected chi connectivity index (χ0v) is 16.6. The van der Waals surface area contributed by atoms with Gasteiger partial charge in [0.25, 0.3) is 5.91 Å². The number of hydrogen-bond donors (Lipinski definition) is 1. The summed E-state index contributed by atoms with van der Waals surface area (Å²) in [4.78, 5) is 12.3. The number of nitrogens with zero attached hydrogens (tertiary/aromatic N) is 2. The van der Waals surface area contributed by atoms with Crippen molar-refractivity contribution in [1.82, 2.24) is 10.2 Å². The highest BCUT2D eigenvalue weighted by molar-refractivity contribution is 7.90. The predicted octanol–water partition coefficient (Wildman–Crippen LogP) is 2.09. The van der Waals surface area contributed by atoms with Crippen LogP contribution >= 0.6 is 0 Å². The summed E-state index contributed by atoms with van der Waals surface area (Å²) in [7, 11) is -1.74. The van der Waals surface area contributed by atoms with Gasteiger partial charge in [-0.15, -0.1) is 5.10 Å². The predicted molar refractivity (Wildman–Crippen MR) is 104 cm³/mol. The lowest BCUT2D eigenvalue weighted by Gasteiger charge is -2.09. The number of anilines is 1. The van der Waals surface area contributed by atoms with Gasteiger partial charge >= 0.3 is 6.01 Å². The number of nitrogens with one attached hydrogen (secondary N) is 1. The van der Waals surface area contributed by atoms with Crippen molar-refractivity contribution in [3.8, 4) is 11.5 Å². The number of aromatic nitrogens is 2. The molecule has 2 aromatic carbocycles. The summed E-state index contributed by atoms with van der Waals surface area (Å²) >= 11 is 0. The summed E-state index contributed by atoms with van der Waals surface area (Å²) in [5.74, 6) is 0.762. The summed E-state index contributed by atoms with van der Waals surface area (Å²) in [6.07, 6.45) is 1.44. The van der Waals surface area contributed by atoms with Crippen molar-refractivity contribution in [1.29, 1.82) is 0 Å². The van der Waals surface area contributed by atoms with E-state index in [9.17, 15) is 13.2 Å². The highest BCUT2D eigenvalue weighted by atomic mass is 32.2. The molecule has 0 bridgehead atoms. The molecular weight excluding hydrogens is 398 g/mol. The van der Waals surface area contributed by atoms with E-state index in [-0.39, 0.29) is 23.4 Å². The molecular formula is C19H19N3O6S. The molecule has 1 amide bonds. The van der Waals surface area contributed by atoms with Crippen LogP contribution < -0.4 is 14.8 Å². The van der Waals surface area contributed by atoms with Gasteiger partial charge in [0.15, 0.2) is 27.9 Å². The van der Waals surface area contributed by atoms with Crippen LogP contribution in [0.15, 0.2) is 57.8 Å². The average molecular weight is 417 g/mol. The van der Waals surface area contributed by atoms with Crippen molar-refractivity contribution in [2.24, 2.45) is 0 Å². The van der Waals surface area contributed by atoms with E-state index in [2.05, 4.69) is 15.5 Å². The SMILES string of the molecule is COc1ccccc1OCC(=O)Nc1nnc(Cc2ccc(S(C)(=O)=O)cc2)o1. The highest BCUT2D eigenvalue weighted by Crippen LogP contribution is 2.25. The quantitative estimate of drug-likeness (QED) is 0.591. The van der Waals surface area contributed by atoms with E-state index in [1.54, 1.807) is 36.4 Å². The monoisotopic (exact) mass is 417 g/mol. The first-order valence-electron chi connectivity index (χ1n) is 8.52. The molecule has 0 fully saturated rings. The number of carbonyl (C=O) groups is 1. The Morgan fingerprint density at radius 1 is 1.07 bits per heavy atom. The van der Waals surface area contributed by atoms with E-state index >= 15 is 0 Å². The maximum atomic E-state index is 12.0. The number of benzene rings is 2. The Bertz CT molecular complexity index is 1090. The number of para-hydroxylation sites is 2. The summed E-state index contributed by atoms with van der Waals surface area (Å²) in [5, 5.41) is 10.1. The number of hydrogen-bond acceptors (Lipinski definition) is 8. The van der Waals surface area contributed by atoms with E-state index in [0.717, 1.165) is 11.8 Å². The zero-order chi connectivity index (χ0) is 20.9. The van der Waals surface area contributed by atoms with E-state index in [4.69, 9.17) is 13.9 Å². The molecule has 3 rings (SSSR count). The molecule has 29 heavy (non-hydrogen) atoms. The van der Waals surface area contributed by atoms with Gasteiger partial charge in [-0.05, 0) is 29.8 Å². The van der Waals surface area contributed by atoms with Crippen LogP contribution in [-0.2, 0) is 21.1 Å². The molecule has 0 aliphatic heterocycles. The molecule has 10 heteroatoms. The molecule has 0 unspecified atom stereocenters. The highest BCUT2D eigenvalue weighted by Gasteiger charge is 2.13. The maximum absolute atomic E-state index is 12.0. The van der Waals surface area contributed by atoms with Crippen LogP contribution in [0.5, 0.6) is 11.5 Å². The molecule has 3 aromatic rings. The second-order valence-electron chi connectivity index (χ2n) is 6.08. The van der Waals surface area contributed by atoms with Crippen LogP contribution in [0.1, 0.15) is 11.5 Å². The Morgan fingerprint density at radius 3 is 2.41 bits per heavy atom. The lowest BCUT2D eigenvalue weighted by Crippen LogP contribution is -2.20. The fourth-order valence-electron chi connectivity index (χ4n) is 2.44. The first kappa shape index (κ1) is 20.3. The standard InChI is InChI=1S/C19H19N3O6S/c1-26-15-5-3-4-6-16(15)27-12-17(23)20-19-22-21-18(28-19)11-13-7-9-14(10-8-13)29(2,24)25/h3-10H,11-12H2,1-2H3,(H,20,22,23). The largest absolute Gasteiger partial charge is 0.493 e. The third kappa shape index (κ3) is 5.55. The van der Waals surface area contributed by atoms with Gasteiger partial charge in [-0.1, -0.05) is 29.4 Å². The number of carbonyl (C=O) groups excluding carboxylic acids is 1. The minimum Gasteiger partial charge on any atom is -0.493 e. The molecule has 0 saturated carbocycles. The van der Waals surface area contributed by atoms with Gasteiger partial charge in [0, 0.05) is 6.26 Å². The molecule has 1 aromatic heterocycles. The molecule has 0 radical (unpaired) electrons. The lowest BCUT2D eigenvalue weighted by molar-refractivity contribution is -0.118.